The lowest BCUT2D eigenvalue weighted by Crippen LogP contribution is -2.49. The summed E-state index contributed by atoms with van der Waals surface area (Å²) >= 11 is 0. The summed E-state index contributed by atoms with van der Waals surface area (Å²) in [5.41, 5.74) is 1.55. The third kappa shape index (κ3) is 2.27. The smallest absolute Gasteiger partial charge is 0.336 e. The Morgan fingerprint density at radius 1 is 1.24 bits per heavy atom. The van der Waals surface area contributed by atoms with Gasteiger partial charge in [-0.15, -0.1) is 0 Å². The van der Waals surface area contributed by atoms with E-state index in [0.717, 1.165) is 11.3 Å². The van der Waals surface area contributed by atoms with E-state index in [-0.39, 0.29) is 12.2 Å². The van der Waals surface area contributed by atoms with Crippen LogP contribution in [-0.2, 0) is 20.7 Å². The Hall–Kier alpha value is -2.69. The second-order valence-corrected chi connectivity index (χ2v) is 4.76. The van der Waals surface area contributed by atoms with Crippen LogP contribution in [0.5, 0.6) is 0 Å². The van der Waals surface area contributed by atoms with Crippen LogP contribution in [-0.4, -0.2) is 29.9 Å². The first kappa shape index (κ1) is 13.3. The SMILES string of the molecule is COC(=O)C1C(=O)Cc2cccnc2N1c1ccccc1. The van der Waals surface area contributed by atoms with Gasteiger partial charge in [0.05, 0.1) is 7.11 Å². The van der Waals surface area contributed by atoms with E-state index >= 15 is 0 Å². The minimum atomic E-state index is -0.986. The molecule has 1 atom stereocenters. The summed E-state index contributed by atoms with van der Waals surface area (Å²) in [6, 6.07) is 11.9. The molecule has 2 aromatic rings. The third-order valence-electron chi connectivity index (χ3n) is 3.48. The molecule has 0 aliphatic carbocycles. The first-order chi connectivity index (χ1) is 10.2. The topological polar surface area (TPSA) is 59.5 Å². The fourth-order valence-corrected chi connectivity index (χ4v) is 2.54. The lowest BCUT2D eigenvalue weighted by molar-refractivity contribution is -0.145. The van der Waals surface area contributed by atoms with Crippen molar-refractivity contribution in [1.29, 1.82) is 0 Å². The van der Waals surface area contributed by atoms with Gasteiger partial charge in [0.1, 0.15) is 5.82 Å². The van der Waals surface area contributed by atoms with Crippen molar-refractivity contribution in [3.63, 3.8) is 0 Å². The maximum atomic E-state index is 12.4. The lowest BCUT2D eigenvalue weighted by Gasteiger charge is -2.34. The summed E-state index contributed by atoms with van der Waals surface area (Å²) in [4.78, 5) is 30.4. The number of ether oxygens (including phenoxy) is 1. The normalized spacial score (nSPS) is 17.3. The summed E-state index contributed by atoms with van der Waals surface area (Å²) in [6.45, 7) is 0. The lowest BCUT2D eigenvalue weighted by atomic mass is 9.96. The highest BCUT2D eigenvalue weighted by Gasteiger charge is 2.40. The Balaban J connectivity index is 2.17. The molecule has 2 heterocycles. The van der Waals surface area contributed by atoms with Crippen molar-refractivity contribution in [2.45, 2.75) is 12.5 Å². The molecule has 0 fully saturated rings. The van der Waals surface area contributed by atoms with Crippen LogP contribution in [0.4, 0.5) is 11.5 Å². The highest BCUT2D eigenvalue weighted by molar-refractivity contribution is 6.10. The average molecular weight is 282 g/mol. The zero-order chi connectivity index (χ0) is 14.8. The number of benzene rings is 1. The zero-order valence-electron chi connectivity index (χ0n) is 11.5. The minimum absolute atomic E-state index is 0.187. The molecule has 0 saturated heterocycles. The van der Waals surface area contributed by atoms with Crippen LogP contribution in [0.2, 0.25) is 0 Å². The number of hydrogen-bond donors (Lipinski definition) is 0. The maximum Gasteiger partial charge on any atom is 0.336 e. The fraction of sp³-hybridized carbons (Fsp3) is 0.188. The standard InChI is InChI=1S/C16H14N2O3/c1-21-16(20)14-13(19)10-11-6-5-9-17-15(11)18(14)12-7-3-2-4-8-12/h2-9,14H,10H2,1H3. The predicted octanol–water partition coefficient (Wildman–Crippen LogP) is 1.89. The van der Waals surface area contributed by atoms with Crippen LogP contribution in [0.1, 0.15) is 5.56 Å². The number of nitrogens with zero attached hydrogens (tertiary/aromatic N) is 2. The Labute approximate surface area is 122 Å². The van der Waals surface area contributed by atoms with E-state index in [4.69, 9.17) is 4.74 Å². The van der Waals surface area contributed by atoms with Crippen LogP contribution in [0.25, 0.3) is 0 Å². The largest absolute Gasteiger partial charge is 0.467 e. The quantitative estimate of drug-likeness (QED) is 0.622. The molecule has 3 rings (SSSR count). The molecule has 0 saturated carbocycles. The average Bonchev–Trinajstić information content (AvgIpc) is 2.53. The molecule has 1 aliphatic rings. The molecule has 5 nitrogen and oxygen atoms in total. The third-order valence-corrected chi connectivity index (χ3v) is 3.48. The van der Waals surface area contributed by atoms with Gasteiger partial charge >= 0.3 is 5.97 Å². The Bertz CT molecular complexity index is 685. The van der Waals surface area contributed by atoms with Gasteiger partial charge in [0.2, 0.25) is 0 Å². The summed E-state index contributed by atoms with van der Waals surface area (Å²) in [5, 5.41) is 0. The molecule has 21 heavy (non-hydrogen) atoms. The fourth-order valence-electron chi connectivity index (χ4n) is 2.54. The van der Waals surface area contributed by atoms with E-state index in [1.54, 1.807) is 17.2 Å². The van der Waals surface area contributed by atoms with E-state index < -0.39 is 12.0 Å². The number of rotatable bonds is 2. The molecule has 1 aromatic carbocycles. The summed E-state index contributed by atoms with van der Waals surface area (Å²) in [7, 11) is 1.28. The van der Waals surface area contributed by atoms with Crippen molar-refractivity contribution in [3.05, 3.63) is 54.2 Å². The zero-order valence-corrected chi connectivity index (χ0v) is 11.5. The van der Waals surface area contributed by atoms with Crippen molar-refractivity contribution >= 4 is 23.3 Å². The van der Waals surface area contributed by atoms with Gasteiger partial charge in [-0.25, -0.2) is 9.78 Å². The van der Waals surface area contributed by atoms with E-state index in [0.29, 0.717) is 5.82 Å². The molecule has 0 spiro atoms. The van der Waals surface area contributed by atoms with Gasteiger partial charge in [0.15, 0.2) is 11.8 Å². The van der Waals surface area contributed by atoms with Gasteiger partial charge in [-0.05, 0) is 18.2 Å². The highest BCUT2D eigenvalue weighted by atomic mass is 16.5. The van der Waals surface area contributed by atoms with Crippen molar-refractivity contribution in [2.24, 2.45) is 0 Å². The summed E-state index contributed by atoms with van der Waals surface area (Å²) < 4.78 is 4.80. The van der Waals surface area contributed by atoms with E-state index in [2.05, 4.69) is 4.98 Å². The number of carbonyl (C=O) groups excluding carboxylic acids is 2. The predicted molar refractivity (Wildman–Crippen MR) is 77.3 cm³/mol. The summed E-state index contributed by atoms with van der Waals surface area (Å²) in [6.07, 6.45) is 1.84. The van der Waals surface area contributed by atoms with E-state index in [9.17, 15) is 9.59 Å². The van der Waals surface area contributed by atoms with Gasteiger partial charge in [-0.1, -0.05) is 24.3 Å². The van der Waals surface area contributed by atoms with Crippen LogP contribution in [0.3, 0.4) is 0 Å². The number of esters is 1. The van der Waals surface area contributed by atoms with Gasteiger partial charge in [0, 0.05) is 23.9 Å². The number of hydrogen-bond acceptors (Lipinski definition) is 5. The molecule has 0 bridgehead atoms. The second-order valence-electron chi connectivity index (χ2n) is 4.76. The van der Waals surface area contributed by atoms with Crippen LogP contribution in [0.15, 0.2) is 48.7 Å². The van der Waals surface area contributed by atoms with Crippen molar-refractivity contribution in [2.75, 3.05) is 12.0 Å². The van der Waals surface area contributed by atoms with Crippen molar-refractivity contribution < 1.29 is 14.3 Å². The van der Waals surface area contributed by atoms with Gasteiger partial charge in [0.25, 0.3) is 0 Å². The van der Waals surface area contributed by atoms with E-state index in [1.807, 2.05) is 36.4 Å². The number of fused-ring (bicyclic) bond motifs is 1. The minimum Gasteiger partial charge on any atom is -0.467 e. The number of ketones is 1. The molecular weight excluding hydrogens is 268 g/mol. The van der Waals surface area contributed by atoms with Gasteiger partial charge in [-0.2, -0.15) is 0 Å². The van der Waals surface area contributed by atoms with Gasteiger partial charge in [-0.3, -0.25) is 4.79 Å². The van der Waals surface area contributed by atoms with Crippen molar-refractivity contribution in [3.8, 4) is 0 Å². The number of aromatic nitrogens is 1. The molecule has 1 unspecified atom stereocenters. The number of pyridine rings is 1. The Morgan fingerprint density at radius 2 is 2.00 bits per heavy atom. The number of anilines is 2. The molecule has 1 aliphatic heterocycles. The molecule has 0 amide bonds. The van der Waals surface area contributed by atoms with Crippen LogP contribution >= 0.6 is 0 Å². The van der Waals surface area contributed by atoms with Crippen LogP contribution < -0.4 is 4.90 Å². The van der Waals surface area contributed by atoms with E-state index in [1.165, 1.54) is 7.11 Å². The van der Waals surface area contributed by atoms with Gasteiger partial charge < -0.3 is 9.64 Å². The molecule has 0 radical (unpaired) electrons. The Morgan fingerprint density at radius 3 is 2.71 bits per heavy atom. The number of para-hydroxylation sites is 1. The number of methoxy groups -OCH3 is 1. The molecule has 0 N–H and O–H groups in total. The molecular formula is C16H14N2O3. The first-order valence-corrected chi connectivity index (χ1v) is 6.61. The Kier molecular flexibility index (Phi) is 3.39. The van der Waals surface area contributed by atoms with Crippen LogP contribution in [0, 0.1) is 0 Å². The number of Topliss-reactive ketones (excluding diaryl/α,β-unsaturated/α-hetero) is 1. The second kappa shape index (κ2) is 5.36. The molecule has 106 valence electrons. The highest BCUT2D eigenvalue weighted by Crippen LogP contribution is 2.34. The monoisotopic (exact) mass is 282 g/mol. The molecule has 1 aromatic heterocycles. The number of carbonyl (C=O) groups is 2. The maximum absolute atomic E-state index is 12.4. The first-order valence-electron chi connectivity index (χ1n) is 6.61. The summed E-state index contributed by atoms with van der Waals surface area (Å²) in [5.74, 6) is -0.134. The molecule has 5 heteroatoms. The van der Waals surface area contributed by atoms with Crippen molar-refractivity contribution in [1.82, 2.24) is 4.98 Å².